The van der Waals surface area contributed by atoms with E-state index in [1.165, 1.54) is 5.56 Å². The summed E-state index contributed by atoms with van der Waals surface area (Å²) in [5.41, 5.74) is 3.16. The zero-order chi connectivity index (χ0) is 15.6. The molecule has 4 rings (SSSR count). The molecular weight excluding hydrogens is 288 g/mol. The van der Waals surface area contributed by atoms with Gasteiger partial charge in [-0.25, -0.2) is 14.6 Å². The summed E-state index contributed by atoms with van der Waals surface area (Å²) in [6.45, 7) is 4.18. The second kappa shape index (κ2) is 5.96. The van der Waals surface area contributed by atoms with Crippen LogP contribution in [0, 0.1) is 0 Å². The average molecular weight is 308 g/mol. The summed E-state index contributed by atoms with van der Waals surface area (Å²) >= 11 is 0. The number of rotatable bonds is 4. The Morgan fingerprint density at radius 1 is 1.26 bits per heavy atom. The molecule has 1 unspecified atom stereocenters. The number of fused-ring (bicyclic) bond motifs is 1. The van der Waals surface area contributed by atoms with Crippen molar-refractivity contribution in [3.63, 3.8) is 0 Å². The third-order valence-electron chi connectivity index (χ3n) is 4.36. The third kappa shape index (κ3) is 2.66. The van der Waals surface area contributed by atoms with Crippen molar-refractivity contribution >= 4 is 16.9 Å². The standard InChI is InChI=1S/C17H20N6/c1-2-12-3-5-14(6-4-12)23-17-15(10-21-23)16(19-11-20-17)22-13-7-8-18-9-13/h3-6,10-11,13,18H,2,7-9H2,1H3,(H,19,20,22). The molecule has 6 nitrogen and oxygen atoms in total. The van der Waals surface area contributed by atoms with Crippen LogP contribution < -0.4 is 10.6 Å². The fourth-order valence-electron chi connectivity index (χ4n) is 2.99. The van der Waals surface area contributed by atoms with Crippen molar-refractivity contribution in [3.8, 4) is 5.69 Å². The Hall–Kier alpha value is -2.47. The van der Waals surface area contributed by atoms with E-state index in [0.717, 1.165) is 48.5 Å². The second-order valence-electron chi connectivity index (χ2n) is 5.87. The highest BCUT2D eigenvalue weighted by atomic mass is 15.3. The maximum absolute atomic E-state index is 4.51. The van der Waals surface area contributed by atoms with Crippen molar-refractivity contribution in [1.29, 1.82) is 0 Å². The van der Waals surface area contributed by atoms with E-state index in [-0.39, 0.29) is 0 Å². The largest absolute Gasteiger partial charge is 0.365 e. The van der Waals surface area contributed by atoms with Crippen LogP contribution >= 0.6 is 0 Å². The molecule has 2 N–H and O–H groups in total. The first kappa shape index (κ1) is 14.1. The number of anilines is 1. The van der Waals surface area contributed by atoms with Crippen LogP contribution in [0.1, 0.15) is 18.9 Å². The van der Waals surface area contributed by atoms with Gasteiger partial charge in [0.2, 0.25) is 0 Å². The monoisotopic (exact) mass is 308 g/mol. The molecule has 1 aromatic carbocycles. The summed E-state index contributed by atoms with van der Waals surface area (Å²) < 4.78 is 1.87. The SMILES string of the molecule is CCc1ccc(-n2ncc3c(NC4CCNC4)ncnc32)cc1. The van der Waals surface area contributed by atoms with Crippen molar-refractivity contribution in [2.24, 2.45) is 0 Å². The highest BCUT2D eigenvalue weighted by Gasteiger charge is 2.17. The van der Waals surface area contributed by atoms with E-state index in [0.29, 0.717) is 6.04 Å². The Bertz CT molecular complexity index is 802. The lowest BCUT2D eigenvalue weighted by Crippen LogP contribution is -2.22. The van der Waals surface area contributed by atoms with E-state index in [4.69, 9.17) is 0 Å². The lowest BCUT2D eigenvalue weighted by Gasteiger charge is -2.12. The summed E-state index contributed by atoms with van der Waals surface area (Å²) in [5.74, 6) is 0.861. The van der Waals surface area contributed by atoms with Gasteiger partial charge >= 0.3 is 0 Å². The zero-order valence-corrected chi connectivity index (χ0v) is 13.2. The normalized spacial score (nSPS) is 17.7. The van der Waals surface area contributed by atoms with Crippen LogP contribution in [-0.2, 0) is 6.42 Å². The van der Waals surface area contributed by atoms with Crippen LogP contribution in [-0.4, -0.2) is 38.9 Å². The van der Waals surface area contributed by atoms with Gasteiger partial charge in [-0.05, 0) is 37.1 Å². The van der Waals surface area contributed by atoms with Gasteiger partial charge in [0, 0.05) is 12.6 Å². The number of aryl methyl sites for hydroxylation is 1. The number of nitrogens with one attached hydrogen (secondary N) is 2. The molecule has 0 amide bonds. The zero-order valence-electron chi connectivity index (χ0n) is 13.2. The van der Waals surface area contributed by atoms with Gasteiger partial charge in [0.25, 0.3) is 0 Å². The van der Waals surface area contributed by atoms with E-state index < -0.39 is 0 Å². The van der Waals surface area contributed by atoms with Crippen LogP contribution in [0.5, 0.6) is 0 Å². The van der Waals surface area contributed by atoms with Crippen molar-refractivity contribution < 1.29 is 0 Å². The van der Waals surface area contributed by atoms with Crippen LogP contribution in [0.25, 0.3) is 16.7 Å². The molecule has 6 heteroatoms. The van der Waals surface area contributed by atoms with Gasteiger partial charge in [-0.1, -0.05) is 19.1 Å². The first-order valence-electron chi connectivity index (χ1n) is 8.10. The fourth-order valence-corrected chi connectivity index (χ4v) is 2.99. The van der Waals surface area contributed by atoms with Crippen molar-refractivity contribution in [3.05, 3.63) is 42.4 Å². The molecule has 1 aliphatic rings. The minimum Gasteiger partial charge on any atom is -0.365 e. The predicted octanol–water partition coefficient (Wildman–Crippen LogP) is 2.15. The first-order valence-corrected chi connectivity index (χ1v) is 8.10. The minimum atomic E-state index is 0.417. The number of hydrogen-bond donors (Lipinski definition) is 2. The number of nitrogens with zero attached hydrogens (tertiary/aromatic N) is 4. The third-order valence-corrected chi connectivity index (χ3v) is 4.36. The van der Waals surface area contributed by atoms with E-state index in [1.807, 2.05) is 10.9 Å². The molecule has 0 saturated carbocycles. The summed E-state index contributed by atoms with van der Waals surface area (Å²) in [4.78, 5) is 8.83. The van der Waals surface area contributed by atoms with Crippen molar-refractivity contribution in [2.45, 2.75) is 25.8 Å². The quantitative estimate of drug-likeness (QED) is 0.773. The molecule has 0 aliphatic carbocycles. The highest BCUT2D eigenvalue weighted by molar-refractivity contribution is 5.87. The Morgan fingerprint density at radius 2 is 2.13 bits per heavy atom. The average Bonchev–Trinajstić information content (AvgIpc) is 3.25. The Balaban J connectivity index is 1.71. The molecule has 3 heterocycles. The number of hydrogen-bond acceptors (Lipinski definition) is 5. The van der Waals surface area contributed by atoms with E-state index in [2.05, 4.69) is 56.9 Å². The molecular formula is C17H20N6. The van der Waals surface area contributed by atoms with E-state index in [1.54, 1.807) is 6.33 Å². The Morgan fingerprint density at radius 3 is 2.87 bits per heavy atom. The molecule has 1 saturated heterocycles. The molecule has 23 heavy (non-hydrogen) atoms. The van der Waals surface area contributed by atoms with Crippen molar-refractivity contribution in [2.75, 3.05) is 18.4 Å². The van der Waals surface area contributed by atoms with Gasteiger partial charge in [-0.15, -0.1) is 0 Å². The molecule has 1 aliphatic heterocycles. The Kier molecular flexibility index (Phi) is 3.67. The maximum atomic E-state index is 4.51. The molecule has 118 valence electrons. The molecule has 2 aromatic heterocycles. The van der Waals surface area contributed by atoms with Gasteiger partial charge < -0.3 is 10.6 Å². The summed E-state index contributed by atoms with van der Waals surface area (Å²) in [6, 6.07) is 8.85. The topological polar surface area (TPSA) is 67.7 Å². The maximum Gasteiger partial charge on any atom is 0.168 e. The molecule has 1 atom stereocenters. The van der Waals surface area contributed by atoms with Gasteiger partial charge in [-0.2, -0.15) is 5.10 Å². The van der Waals surface area contributed by atoms with Crippen molar-refractivity contribution in [1.82, 2.24) is 25.1 Å². The van der Waals surface area contributed by atoms with Gasteiger partial charge in [0.1, 0.15) is 12.1 Å². The fraction of sp³-hybridized carbons (Fsp3) is 0.353. The smallest absolute Gasteiger partial charge is 0.168 e. The first-order chi connectivity index (χ1) is 11.3. The van der Waals surface area contributed by atoms with Gasteiger partial charge in [0.15, 0.2) is 5.65 Å². The predicted molar refractivity (Wildman–Crippen MR) is 90.9 cm³/mol. The summed E-state index contributed by atoms with van der Waals surface area (Å²) in [7, 11) is 0. The van der Waals surface area contributed by atoms with E-state index in [9.17, 15) is 0 Å². The molecule has 0 radical (unpaired) electrons. The van der Waals surface area contributed by atoms with Gasteiger partial charge in [-0.3, -0.25) is 0 Å². The molecule has 3 aromatic rings. The molecule has 0 spiro atoms. The van der Waals surface area contributed by atoms with Gasteiger partial charge in [0.05, 0.1) is 17.3 Å². The number of benzene rings is 1. The van der Waals surface area contributed by atoms with Crippen LogP contribution in [0.4, 0.5) is 5.82 Å². The minimum absolute atomic E-state index is 0.417. The summed E-state index contributed by atoms with van der Waals surface area (Å²) in [5, 5.41) is 12.3. The molecule has 0 bridgehead atoms. The van der Waals surface area contributed by atoms with Crippen LogP contribution in [0.15, 0.2) is 36.8 Å². The summed E-state index contributed by atoms with van der Waals surface area (Å²) in [6.07, 6.45) is 5.59. The van der Waals surface area contributed by atoms with Crippen LogP contribution in [0.2, 0.25) is 0 Å². The second-order valence-corrected chi connectivity index (χ2v) is 5.87. The lowest BCUT2D eigenvalue weighted by molar-refractivity contribution is 0.789. The lowest BCUT2D eigenvalue weighted by atomic mass is 10.1. The molecule has 1 fully saturated rings. The highest BCUT2D eigenvalue weighted by Crippen LogP contribution is 2.23. The number of aromatic nitrogens is 4. The van der Waals surface area contributed by atoms with Crippen LogP contribution in [0.3, 0.4) is 0 Å². The van der Waals surface area contributed by atoms with E-state index >= 15 is 0 Å². The Labute approximate surface area is 135 Å².